The molecule has 0 aromatic carbocycles. The van der Waals surface area contributed by atoms with Crippen molar-refractivity contribution >= 4 is 12.4 Å². The van der Waals surface area contributed by atoms with Gasteiger partial charge in [0.2, 0.25) is 0 Å². The molecule has 56 valence electrons. The number of hydrogen-bond donors (Lipinski definition) is 1. The molecule has 0 amide bonds. The molecular formula is C7H16ClN. The van der Waals surface area contributed by atoms with Gasteiger partial charge in [0.15, 0.2) is 0 Å². The zero-order valence-corrected chi connectivity index (χ0v) is 6.79. The van der Waals surface area contributed by atoms with Gasteiger partial charge in [-0.15, -0.1) is 12.4 Å². The van der Waals surface area contributed by atoms with E-state index in [0.717, 1.165) is 18.4 Å². The van der Waals surface area contributed by atoms with Crippen LogP contribution >= 0.6 is 12.4 Å². The average Bonchev–Trinajstić information content (AvgIpc) is 1.62. The van der Waals surface area contributed by atoms with Crippen molar-refractivity contribution in [2.75, 3.05) is 6.54 Å². The van der Waals surface area contributed by atoms with E-state index in [4.69, 9.17) is 5.73 Å². The predicted molar refractivity (Wildman–Crippen MR) is 42.8 cm³/mol. The van der Waals surface area contributed by atoms with Gasteiger partial charge < -0.3 is 5.73 Å². The fourth-order valence-electron chi connectivity index (χ4n) is 1.20. The molecule has 0 bridgehead atoms. The summed E-state index contributed by atoms with van der Waals surface area (Å²) < 4.78 is 0. The van der Waals surface area contributed by atoms with E-state index in [2.05, 4.69) is 6.92 Å². The van der Waals surface area contributed by atoms with Crippen LogP contribution in [0.2, 0.25) is 0 Å². The highest BCUT2D eigenvalue weighted by Gasteiger charge is 2.22. The summed E-state index contributed by atoms with van der Waals surface area (Å²) in [6.07, 6.45) is 4.30. The van der Waals surface area contributed by atoms with Crippen LogP contribution in [0.1, 0.15) is 26.2 Å². The second kappa shape index (κ2) is 4.13. The van der Waals surface area contributed by atoms with E-state index < -0.39 is 0 Å². The normalized spacial score (nSPS) is 22.0. The Morgan fingerprint density at radius 2 is 2.11 bits per heavy atom. The van der Waals surface area contributed by atoms with Crippen LogP contribution in [-0.2, 0) is 0 Å². The molecule has 1 rings (SSSR count). The summed E-state index contributed by atoms with van der Waals surface area (Å²) in [5.74, 6) is 1.75. The van der Waals surface area contributed by atoms with Crippen molar-refractivity contribution in [3.8, 4) is 0 Å². The maximum atomic E-state index is 5.48. The maximum Gasteiger partial charge on any atom is -0.00489 e. The highest BCUT2D eigenvalue weighted by molar-refractivity contribution is 5.85. The molecule has 2 heteroatoms. The lowest BCUT2D eigenvalue weighted by atomic mass is 9.77. The van der Waals surface area contributed by atoms with Crippen molar-refractivity contribution in [1.82, 2.24) is 0 Å². The fraction of sp³-hybridized carbons (Fsp3) is 1.00. The fourth-order valence-corrected chi connectivity index (χ4v) is 1.20. The van der Waals surface area contributed by atoms with Gasteiger partial charge in [-0.05, 0) is 18.4 Å². The van der Waals surface area contributed by atoms with Gasteiger partial charge in [0.1, 0.15) is 0 Å². The largest absolute Gasteiger partial charge is 0.330 e. The number of halogens is 1. The average molecular weight is 150 g/mol. The third-order valence-corrected chi connectivity index (χ3v) is 2.33. The Kier molecular flexibility index (Phi) is 4.24. The van der Waals surface area contributed by atoms with Crippen molar-refractivity contribution in [3.63, 3.8) is 0 Å². The lowest BCUT2D eigenvalue weighted by Gasteiger charge is -2.30. The van der Waals surface area contributed by atoms with Gasteiger partial charge in [0, 0.05) is 0 Å². The van der Waals surface area contributed by atoms with Gasteiger partial charge in [-0.1, -0.05) is 26.2 Å². The van der Waals surface area contributed by atoms with Crippen LogP contribution in [0, 0.1) is 11.8 Å². The van der Waals surface area contributed by atoms with Gasteiger partial charge >= 0.3 is 0 Å². The van der Waals surface area contributed by atoms with Gasteiger partial charge in [-0.25, -0.2) is 0 Å². The zero-order chi connectivity index (χ0) is 5.98. The highest BCUT2D eigenvalue weighted by atomic mass is 35.5. The van der Waals surface area contributed by atoms with Crippen LogP contribution in [-0.4, -0.2) is 6.54 Å². The van der Waals surface area contributed by atoms with E-state index in [1.807, 2.05) is 0 Å². The molecule has 0 aromatic heterocycles. The first kappa shape index (κ1) is 9.25. The monoisotopic (exact) mass is 149 g/mol. The molecule has 1 saturated carbocycles. The molecular weight excluding hydrogens is 134 g/mol. The molecule has 1 fully saturated rings. The number of nitrogens with two attached hydrogens (primary N) is 1. The summed E-state index contributed by atoms with van der Waals surface area (Å²) in [4.78, 5) is 0. The molecule has 0 aromatic rings. The van der Waals surface area contributed by atoms with E-state index in [1.54, 1.807) is 0 Å². The number of rotatable bonds is 2. The molecule has 0 aliphatic heterocycles. The lowest BCUT2D eigenvalue weighted by Crippen LogP contribution is -2.25. The molecule has 0 heterocycles. The summed E-state index contributed by atoms with van der Waals surface area (Å²) >= 11 is 0. The molecule has 1 atom stereocenters. The summed E-state index contributed by atoms with van der Waals surface area (Å²) in [6, 6.07) is 0. The van der Waals surface area contributed by atoms with Crippen LogP contribution in [0.5, 0.6) is 0 Å². The molecule has 2 N–H and O–H groups in total. The lowest BCUT2D eigenvalue weighted by molar-refractivity contribution is 0.225. The first-order chi connectivity index (χ1) is 3.84. The van der Waals surface area contributed by atoms with Gasteiger partial charge in [-0.3, -0.25) is 0 Å². The minimum Gasteiger partial charge on any atom is -0.330 e. The van der Waals surface area contributed by atoms with Gasteiger partial charge in [0.05, 0.1) is 0 Å². The van der Waals surface area contributed by atoms with Crippen LogP contribution in [0.3, 0.4) is 0 Å². The van der Waals surface area contributed by atoms with Crippen molar-refractivity contribution in [3.05, 3.63) is 0 Å². The highest BCUT2D eigenvalue weighted by Crippen LogP contribution is 2.32. The van der Waals surface area contributed by atoms with E-state index in [-0.39, 0.29) is 12.4 Å². The van der Waals surface area contributed by atoms with Crippen LogP contribution in [0.25, 0.3) is 0 Å². The second-order valence-corrected chi connectivity index (χ2v) is 2.90. The molecule has 9 heavy (non-hydrogen) atoms. The molecule has 1 unspecified atom stereocenters. The quantitative estimate of drug-likeness (QED) is 0.637. The van der Waals surface area contributed by atoms with Crippen LogP contribution in [0.15, 0.2) is 0 Å². The number of hydrogen-bond acceptors (Lipinski definition) is 1. The molecule has 0 radical (unpaired) electrons. The standard InChI is InChI=1S/C7H15N.ClH/c1-6(5-8)7-3-2-4-7;/h6-7H,2-5,8H2,1H3;1H. The molecule has 1 nitrogen and oxygen atoms in total. The minimum absolute atomic E-state index is 0. The van der Waals surface area contributed by atoms with Crippen LogP contribution < -0.4 is 5.73 Å². The third-order valence-electron chi connectivity index (χ3n) is 2.33. The molecule has 0 saturated heterocycles. The Balaban J connectivity index is 0.000000640. The Morgan fingerprint density at radius 1 is 1.56 bits per heavy atom. The van der Waals surface area contributed by atoms with Crippen molar-refractivity contribution in [1.29, 1.82) is 0 Å². The van der Waals surface area contributed by atoms with Crippen molar-refractivity contribution in [2.45, 2.75) is 26.2 Å². The Morgan fingerprint density at radius 3 is 2.22 bits per heavy atom. The third kappa shape index (κ3) is 2.15. The van der Waals surface area contributed by atoms with Crippen molar-refractivity contribution < 1.29 is 0 Å². The molecule has 1 aliphatic carbocycles. The summed E-state index contributed by atoms with van der Waals surface area (Å²) in [7, 11) is 0. The first-order valence-corrected chi connectivity index (χ1v) is 3.54. The van der Waals surface area contributed by atoms with Gasteiger partial charge in [-0.2, -0.15) is 0 Å². The summed E-state index contributed by atoms with van der Waals surface area (Å²) in [5.41, 5.74) is 5.48. The molecule has 0 spiro atoms. The Bertz CT molecular complexity index is 68.6. The van der Waals surface area contributed by atoms with Crippen molar-refractivity contribution in [2.24, 2.45) is 17.6 Å². The summed E-state index contributed by atoms with van der Waals surface area (Å²) in [5, 5.41) is 0. The SMILES string of the molecule is CC(CN)C1CCC1.Cl. The predicted octanol–water partition coefficient (Wildman–Crippen LogP) is 1.80. The van der Waals surface area contributed by atoms with E-state index in [9.17, 15) is 0 Å². The maximum absolute atomic E-state index is 5.48. The Hall–Kier alpha value is 0.250. The van der Waals surface area contributed by atoms with E-state index >= 15 is 0 Å². The van der Waals surface area contributed by atoms with E-state index in [0.29, 0.717) is 0 Å². The second-order valence-electron chi connectivity index (χ2n) is 2.90. The zero-order valence-electron chi connectivity index (χ0n) is 5.97. The molecule has 1 aliphatic rings. The Labute approximate surface area is 63.4 Å². The smallest absolute Gasteiger partial charge is 0.00489 e. The topological polar surface area (TPSA) is 26.0 Å². The van der Waals surface area contributed by atoms with E-state index in [1.165, 1.54) is 19.3 Å². The first-order valence-electron chi connectivity index (χ1n) is 3.54. The van der Waals surface area contributed by atoms with Gasteiger partial charge in [0.25, 0.3) is 0 Å². The van der Waals surface area contributed by atoms with Crippen LogP contribution in [0.4, 0.5) is 0 Å². The summed E-state index contributed by atoms with van der Waals surface area (Å²) in [6.45, 7) is 3.13. The minimum atomic E-state index is 0.